The van der Waals surface area contributed by atoms with Crippen molar-refractivity contribution >= 4 is 11.8 Å². The largest absolute Gasteiger partial charge is 0.493 e. The Hall–Kier alpha value is -3.54. The summed E-state index contributed by atoms with van der Waals surface area (Å²) in [5, 5.41) is 12.4. The quantitative estimate of drug-likeness (QED) is 0.406. The zero-order valence-corrected chi connectivity index (χ0v) is 19.3. The number of nitrogens with zero attached hydrogens (tertiary/aromatic N) is 2. The van der Waals surface area contributed by atoms with Gasteiger partial charge in [0.1, 0.15) is 18.5 Å². The summed E-state index contributed by atoms with van der Waals surface area (Å²) in [6.45, 7) is 0. The highest BCUT2D eigenvalue weighted by Crippen LogP contribution is 2.44. The molecule has 0 bridgehead atoms. The van der Waals surface area contributed by atoms with Gasteiger partial charge in [-0.3, -0.25) is 5.10 Å². The van der Waals surface area contributed by atoms with Gasteiger partial charge in [-0.05, 0) is 36.1 Å². The van der Waals surface area contributed by atoms with Crippen LogP contribution in [0.1, 0.15) is 47.3 Å². The fourth-order valence-corrected chi connectivity index (χ4v) is 4.96. The lowest BCUT2D eigenvalue weighted by Crippen LogP contribution is -2.31. The summed E-state index contributed by atoms with van der Waals surface area (Å²) >= 11 is 0. The first-order valence-electron chi connectivity index (χ1n) is 11.4. The zero-order valence-electron chi connectivity index (χ0n) is 19.3. The molecule has 6 nitrogen and oxygen atoms in total. The molecule has 0 saturated heterocycles. The average molecular weight is 444 g/mol. The lowest BCUT2D eigenvalue weighted by molar-refractivity contribution is 0.208. The number of nitrogens with one attached hydrogen (secondary N) is 1. The van der Waals surface area contributed by atoms with Gasteiger partial charge in [-0.15, -0.1) is 0 Å². The molecule has 1 saturated carbocycles. The van der Waals surface area contributed by atoms with Gasteiger partial charge in [-0.25, -0.2) is 0 Å². The molecule has 0 spiro atoms. The average Bonchev–Trinajstić information content (AvgIpc) is 3.25. The monoisotopic (exact) mass is 443 g/mol. The Kier molecular flexibility index (Phi) is 5.67. The van der Waals surface area contributed by atoms with Crippen LogP contribution in [-0.4, -0.2) is 37.2 Å². The summed E-state index contributed by atoms with van der Waals surface area (Å²) in [5.41, 5.74) is 6.02. The fourth-order valence-electron chi connectivity index (χ4n) is 4.96. The number of hydrogen-bond acceptors (Lipinski definition) is 5. The van der Waals surface area contributed by atoms with Gasteiger partial charge in [-0.2, -0.15) is 5.10 Å². The maximum absolute atomic E-state index is 5.63. The smallest absolute Gasteiger partial charge is 0.161 e. The molecule has 1 fully saturated rings. The van der Waals surface area contributed by atoms with E-state index in [1.165, 1.54) is 12.0 Å². The lowest BCUT2D eigenvalue weighted by Gasteiger charge is -2.35. The minimum atomic E-state index is -0.368. The summed E-state index contributed by atoms with van der Waals surface area (Å²) in [4.78, 5) is 5.19. The second kappa shape index (κ2) is 8.77. The van der Waals surface area contributed by atoms with Crippen LogP contribution in [0.3, 0.4) is 0 Å². The number of hydrogen-bond donors (Lipinski definition) is 1. The number of oxime groups is 1. The van der Waals surface area contributed by atoms with Crippen molar-refractivity contribution in [1.29, 1.82) is 0 Å². The van der Waals surface area contributed by atoms with E-state index in [1.807, 2.05) is 12.1 Å². The van der Waals surface area contributed by atoms with E-state index in [0.717, 1.165) is 53.2 Å². The van der Waals surface area contributed by atoms with Gasteiger partial charge >= 0.3 is 0 Å². The molecule has 1 aromatic heterocycles. The number of ether oxygens (including phenoxy) is 2. The Morgan fingerprint density at radius 2 is 1.79 bits per heavy atom. The van der Waals surface area contributed by atoms with Crippen LogP contribution in [0.4, 0.5) is 0 Å². The minimum Gasteiger partial charge on any atom is -0.493 e. The van der Waals surface area contributed by atoms with Gasteiger partial charge in [0, 0.05) is 29.0 Å². The molecule has 0 aliphatic heterocycles. The number of aromatic amines is 1. The van der Waals surface area contributed by atoms with E-state index in [-0.39, 0.29) is 5.41 Å². The zero-order chi connectivity index (χ0) is 22.8. The van der Waals surface area contributed by atoms with Gasteiger partial charge in [0.25, 0.3) is 0 Å². The SMILES string of the molecule is CON=C(c1n[nH]c2c1C=CC(c1ccccc1)(c1ccc(OC)c(OC)c1)C2)C1CCC1. The first kappa shape index (κ1) is 21.3. The van der Waals surface area contributed by atoms with Crippen LogP contribution < -0.4 is 9.47 Å². The third kappa shape index (κ3) is 3.59. The molecule has 2 aromatic carbocycles. The molecule has 2 aliphatic carbocycles. The van der Waals surface area contributed by atoms with Crippen molar-refractivity contribution in [2.24, 2.45) is 11.1 Å². The molecule has 170 valence electrons. The first-order valence-corrected chi connectivity index (χ1v) is 11.4. The number of allylic oxidation sites excluding steroid dienone is 1. The van der Waals surface area contributed by atoms with Crippen LogP contribution in [0.25, 0.3) is 6.08 Å². The summed E-state index contributed by atoms with van der Waals surface area (Å²) in [7, 11) is 4.93. The Morgan fingerprint density at radius 3 is 2.45 bits per heavy atom. The standard InChI is InChI=1S/C27H29N3O3/c1-31-23-13-12-20(16-24(23)32-2)27(19-10-5-4-6-11-19)15-14-21-22(17-27)28-29-26(21)25(30-33-3)18-8-7-9-18/h4-6,10-16,18H,7-9,17H2,1-3H3,(H,28,29). The number of rotatable bonds is 7. The van der Waals surface area contributed by atoms with Crippen molar-refractivity contribution in [1.82, 2.24) is 10.2 Å². The van der Waals surface area contributed by atoms with Crippen LogP contribution >= 0.6 is 0 Å². The predicted molar refractivity (Wildman–Crippen MR) is 129 cm³/mol. The van der Waals surface area contributed by atoms with Crippen molar-refractivity contribution in [3.05, 3.63) is 82.7 Å². The number of benzene rings is 2. The molecular formula is C27H29N3O3. The number of fused-ring (bicyclic) bond motifs is 1. The summed E-state index contributed by atoms with van der Waals surface area (Å²) in [6.07, 6.45) is 8.71. The van der Waals surface area contributed by atoms with Crippen LogP contribution in [0.5, 0.6) is 11.5 Å². The number of aromatic nitrogens is 2. The molecule has 3 aromatic rings. The maximum atomic E-state index is 5.63. The predicted octanol–water partition coefficient (Wildman–Crippen LogP) is 5.13. The van der Waals surface area contributed by atoms with Gasteiger partial charge < -0.3 is 14.3 Å². The van der Waals surface area contributed by atoms with E-state index >= 15 is 0 Å². The van der Waals surface area contributed by atoms with Crippen molar-refractivity contribution in [3.8, 4) is 11.5 Å². The minimum absolute atomic E-state index is 0.368. The molecule has 33 heavy (non-hydrogen) atoms. The topological polar surface area (TPSA) is 68.7 Å². The van der Waals surface area contributed by atoms with Gasteiger partial charge in [-0.1, -0.05) is 60.1 Å². The highest BCUT2D eigenvalue weighted by Gasteiger charge is 2.38. The van der Waals surface area contributed by atoms with Crippen LogP contribution in [-0.2, 0) is 16.7 Å². The highest BCUT2D eigenvalue weighted by molar-refractivity contribution is 6.04. The van der Waals surface area contributed by atoms with E-state index < -0.39 is 0 Å². The second-order valence-corrected chi connectivity index (χ2v) is 8.67. The van der Waals surface area contributed by atoms with Crippen LogP contribution in [0, 0.1) is 5.92 Å². The normalized spacial score (nSPS) is 20.2. The number of H-pyrrole nitrogens is 1. The Bertz CT molecular complexity index is 1190. The molecule has 6 heteroatoms. The van der Waals surface area contributed by atoms with Gasteiger partial charge in [0.05, 0.1) is 14.2 Å². The van der Waals surface area contributed by atoms with E-state index in [4.69, 9.17) is 19.4 Å². The van der Waals surface area contributed by atoms with E-state index in [9.17, 15) is 0 Å². The van der Waals surface area contributed by atoms with Crippen molar-refractivity contribution < 1.29 is 14.3 Å². The molecule has 1 heterocycles. The van der Waals surface area contributed by atoms with E-state index in [0.29, 0.717) is 11.7 Å². The Balaban J connectivity index is 1.62. The van der Waals surface area contributed by atoms with Crippen LogP contribution in [0.2, 0.25) is 0 Å². The van der Waals surface area contributed by atoms with Crippen molar-refractivity contribution in [3.63, 3.8) is 0 Å². The molecule has 1 unspecified atom stereocenters. The van der Waals surface area contributed by atoms with E-state index in [1.54, 1.807) is 21.3 Å². The fraction of sp³-hybridized carbons (Fsp3) is 0.333. The maximum Gasteiger partial charge on any atom is 0.161 e. The van der Waals surface area contributed by atoms with Crippen molar-refractivity contribution in [2.45, 2.75) is 31.1 Å². The van der Waals surface area contributed by atoms with E-state index in [2.05, 4.69) is 58.8 Å². The third-order valence-electron chi connectivity index (χ3n) is 6.98. The van der Waals surface area contributed by atoms with Crippen molar-refractivity contribution in [2.75, 3.05) is 21.3 Å². The first-order chi connectivity index (χ1) is 16.2. The molecular weight excluding hydrogens is 414 g/mol. The van der Waals surface area contributed by atoms with Gasteiger partial charge in [0.15, 0.2) is 11.5 Å². The molecule has 0 amide bonds. The summed E-state index contributed by atoms with van der Waals surface area (Å²) in [6, 6.07) is 16.7. The molecule has 0 radical (unpaired) electrons. The third-order valence-corrected chi connectivity index (χ3v) is 6.98. The second-order valence-electron chi connectivity index (χ2n) is 8.67. The number of methoxy groups -OCH3 is 2. The Morgan fingerprint density at radius 1 is 1.00 bits per heavy atom. The highest BCUT2D eigenvalue weighted by atomic mass is 16.6. The summed E-state index contributed by atoms with van der Waals surface area (Å²) < 4.78 is 11.1. The molecule has 1 N–H and O–H groups in total. The summed E-state index contributed by atoms with van der Waals surface area (Å²) in [5.74, 6) is 1.85. The molecule has 5 rings (SSSR count). The lowest BCUT2D eigenvalue weighted by atomic mass is 9.68. The molecule has 2 aliphatic rings. The Labute approximate surface area is 194 Å². The molecule has 1 atom stereocenters. The van der Waals surface area contributed by atoms with Gasteiger partial charge in [0.2, 0.25) is 0 Å². The van der Waals surface area contributed by atoms with Crippen LogP contribution in [0.15, 0.2) is 59.8 Å².